The van der Waals surface area contributed by atoms with E-state index in [1.807, 2.05) is 48.6 Å². The van der Waals surface area contributed by atoms with E-state index < -0.39 is 24.3 Å². The van der Waals surface area contributed by atoms with Crippen molar-refractivity contribution in [1.82, 2.24) is 0 Å². The van der Waals surface area contributed by atoms with E-state index in [2.05, 4.69) is 20.8 Å². The molecule has 292 valence electrons. The van der Waals surface area contributed by atoms with Crippen LogP contribution in [0.5, 0.6) is 0 Å². The number of aliphatic hydroxyl groups excluding tert-OH is 3. The molecule has 0 aromatic rings. The largest absolute Gasteiger partial charge is 0.463 e. The zero-order valence-electron chi connectivity index (χ0n) is 32.5. The Morgan fingerprint density at radius 3 is 1.51 bits per heavy atom. The number of unbranched alkanes of at least 4 members (excludes halogenated alkanes) is 12. The van der Waals surface area contributed by atoms with E-state index in [4.69, 9.17) is 9.47 Å². The summed E-state index contributed by atoms with van der Waals surface area (Å²) in [4.78, 5) is 23.9. The quantitative estimate of drug-likeness (QED) is 0.0263. The monoisotopic (exact) mass is 715 g/mol. The molecule has 0 aromatic carbocycles. The van der Waals surface area contributed by atoms with Crippen LogP contribution in [0.3, 0.4) is 0 Å². The molecule has 3 N–H and O–H groups in total. The maximum absolute atomic E-state index is 12.0. The third kappa shape index (κ3) is 38.3. The Morgan fingerprint density at radius 1 is 0.549 bits per heavy atom. The molecule has 0 bridgehead atoms. The Balaban J connectivity index is 3.70. The minimum absolute atomic E-state index is 0.169. The van der Waals surface area contributed by atoms with Crippen molar-refractivity contribution in [3.05, 3.63) is 72.9 Å². The van der Waals surface area contributed by atoms with Gasteiger partial charge in [-0.15, -0.1) is 0 Å². The molecule has 0 amide bonds. The van der Waals surface area contributed by atoms with Crippen molar-refractivity contribution in [2.24, 2.45) is 5.92 Å². The van der Waals surface area contributed by atoms with Crippen molar-refractivity contribution in [1.29, 1.82) is 0 Å². The number of ether oxygens (including phenoxy) is 2. The summed E-state index contributed by atoms with van der Waals surface area (Å²) in [6.07, 6.45) is 41.8. The first-order valence-electron chi connectivity index (χ1n) is 20.1. The Hall–Kier alpha value is -2.74. The third-order valence-corrected chi connectivity index (χ3v) is 8.31. The number of esters is 2. The zero-order valence-corrected chi connectivity index (χ0v) is 32.5. The van der Waals surface area contributed by atoms with Gasteiger partial charge in [0.15, 0.2) is 0 Å². The summed E-state index contributed by atoms with van der Waals surface area (Å²) in [6.45, 7) is 6.30. The van der Waals surface area contributed by atoms with E-state index in [1.54, 1.807) is 24.3 Å². The first-order valence-corrected chi connectivity index (χ1v) is 20.1. The molecular formula is C44H74O7. The summed E-state index contributed by atoms with van der Waals surface area (Å²) in [7, 11) is 0. The standard InChI is InChI=1S/C44H74O7/c1-4-5-23-31-40(45)33-26-21-22-27-34-41(46)32-25-18-15-16-20-29-36-44(49)51-38-42(47)37-50-43(48)35-28-19-14-12-10-8-6-7-9-11-13-17-24-30-39(2)3/h5,16,18,20-23,25-27,33-34,39-42,45-47H,4,6-15,17,19,24,28-32,35-38H2,1-3H3/b20-16-,22-21-,23-5-,25-18-,33-26+,34-27+/t40-,41+,42-/m1/s1. The van der Waals surface area contributed by atoms with Gasteiger partial charge in [0, 0.05) is 12.8 Å². The normalized spacial score (nSPS) is 14.3. The lowest BCUT2D eigenvalue weighted by Gasteiger charge is -2.12. The predicted molar refractivity (Wildman–Crippen MR) is 212 cm³/mol. The van der Waals surface area contributed by atoms with Gasteiger partial charge in [0.05, 0.1) is 12.2 Å². The fourth-order valence-electron chi connectivity index (χ4n) is 5.24. The molecule has 0 aromatic heterocycles. The summed E-state index contributed by atoms with van der Waals surface area (Å²) < 4.78 is 10.2. The highest BCUT2D eigenvalue weighted by atomic mass is 16.6. The van der Waals surface area contributed by atoms with Gasteiger partial charge in [0.25, 0.3) is 0 Å². The molecule has 0 saturated carbocycles. The lowest BCUT2D eigenvalue weighted by molar-refractivity contribution is -0.152. The van der Waals surface area contributed by atoms with E-state index in [-0.39, 0.29) is 25.6 Å². The van der Waals surface area contributed by atoms with Crippen LogP contribution in [0.1, 0.15) is 156 Å². The van der Waals surface area contributed by atoms with Crippen LogP contribution in [-0.2, 0) is 19.1 Å². The van der Waals surface area contributed by atoms with Gasteiger partial charge in [0.1, 0.15) is 19.3 Å². The SMILES string of the molecule is CC/C=C\C[C@@H](O)/C=C/C=C\C=C\[C@@H](O)C/C=C\C/C=C\CCC(=O)OC[C@H](O)COC(=O)CCCCCCCCCCCCCCCC(C)C. The van der Waals surface area contributed by atoms with Gasteiger partial charge >= 0.3 is 11.9 Å². The molecule has 3 atom stereocenters. The molecule has 0 aliphatic carbocycles. The van der Waals surface area contributed by atoms with Gasteiger partial charge in [-0.1, -0.05) is 177 Å². The topological polar surface area (TPSA) is 113 Å². The summed E-state index contributed by atoms with van der Waals surface area (Å²) in [5.74, 6) is 0.105. The van der Waals surface area contributed by atoms with Crippen LogP contribution in [0.25, 0.3) is 0 Å². The fourth-order valence-corrected chi connectivity index (χ4v) is 5.24. The molecular weight excluding hydrogens is 640 g/mol. The zero-order chi connectivity index (χ0) is 37.6. The molecule has 0 rings (SSSR count). The predicted octanol–water partition coefficient (Wildman–Crippen LogP) is 10.4. The Bertz CT molecular complexity index is 991. The van der Waals surface area contributed by atoms with Crippen LogP contribution in [0.4, 0.5) is 0 Å². The minimum Gasteiger partial charge on any atom is -0.463 e. The van der Waals surface area contributed by atoms with E-state index in [9.17, 15) is 24.9 Å². The number of carbonyl (C=O) groups excluding carboxylic acids is 2. The van der Waals surface area contributed by atoms with Crippen LogP contribution in [0, 0.1) is 5.92 Å². The Kier molecular flexibility index (Phi) is 35.0. The highest BCUT2D eigenvalue weighted by Gasteiger charge is 2.11. The van der Waals surface area contributed by atoms with Crippen LogP contribution >= 0.6 is 0 Å². The number of aliphatic hydroxyl groups is 3. The van der Waals surface area contributed by atoms with Gasteiger partial charge in [-0.05, 0) is 44.4 Å². The second-order valence-corrected chi connectivity index (χ2v) is 13.9. The van der Waals surface area contributed by atoms with Gasteiger partial charge in [-0.2, -0.15) is 0 Å². The number of allylic oxidation sites excluding steroid dienone is 8. The van der Waals surface area contributed by atoms with Gasteiger partial charge in [-0.3, -0.25) is 9.59 Å². The molecule has 0 saturated heterocycles. The van der Waals surface area contributed by atoms with Gasteiger partial charge in [-0.25, -0.2) is 0 Å². The number of rotatable bonds is 34. The molecule has 0 aliphatic rings. The van der Waals surface area contributed by atoms with E-state index in [0.717, 1.165) is 31.6 Å². The van der Waals surface area contributed by atoms with E-state index in [0.29, 0.717) is 32.1 Å². The Morgan fingerprint density at radius 2 is 1.00 bits per heavy atom. The fraction of sp³-hybridized carbons (Fsp3) is 0.682. The molecule has 0 fully saturated rings. The molecule has 0 radical (unpaired) electrons. The molecule has 51 heavy (non-hydrogen) atoms. The average molecular weight is 715 g/mol. The third-order valence-electron chi connectivity index (χ3n) is 8.31. The van der Waals surface area contributed by atoms with Crippen molar-refractivity contribution in [3.63, 3.8) is 0 Å². The summed E-state index contributed by atoms with van der Waals surface area (Å²) in [5, 5.41) is 29.8. The van der Waals surface area contributed by atoms with Crippen molar-refractivity contribution < 1.29 is 34.4 Å². The smallest absolute Gasteiger partial charge is 0.306 e. The van der Waals surface area contributed by atoms with Crippen LogP contribution < -0.4 is 0 Å². The molecule has 7 heteroatoms. The molecule has 0 aliphatic heterocycles. The first kappa shape index (κ1) is 48.3. The van der Waals surface area contributed by atoms with Crippen LogP contribution in [0.2, 0.25) is 0 Å². The highest BCUT2D eigenvalue weighted by molar-refractivity contribution is 5.70. The van der Waals surface area contributed by atoms with Crippen molar-refractivity contribution in [2.45, 2.75) is 174 Å². The average Bonchev–Trinajstić information content (AvgIpc) is 3.10. The Labute approximate surface area is 311 Å². The molecule has 0 unspecified atom stereocenters. The van der Waals surface area contributed by atoms with Crippen molar-refractivity contribution >= 4 is 11.9 Å². The molecule has 0 spiro atoms. The van der Waals surface area contributed by atoms with E-state index in [1.165, 1.54) is 70.6 Å². The lowest BCUT2D eigenvalue weighted by atomic mass is 10.0. The number of hydrogen-bond donors (Lipinski definition) is 3. The van der Waals surface area contributed by atoms with Gasteiger partial charge < -0.3 is 24.8 Å². The van der Waals surface area contributed by atoms with E-state index >= 15 is 0 Å². The number of carbonyl (C=O) groups is 2. The molecule has 0 heterocycles. The lowest BCUT2D eigenvalue weighted by Crippen LogP contribution is -2.25. The van der Waals surface area contributed by atoms with Gasteiger partial charge in [0.2, 0.25) is 0 Å². The maximum Gasteiger partial charge on any atom is 0.306 e. The van der Waals surface area contributed by atoms with Crippen LogP contribution in [0.15, 0.2) is 72.9 Å². The summed E-state index contributed by atoms with van der Waals surface area (Å²) >= 11 is 0. The highest BCUT2D eigenvalue weighted by Crippen LogP contribution is 2.15. The summed E-state index contributed by atoms with van der Waals surface area (Å²) in [6, 6.07) is 0. The molecule has 7 nitrogen and oxygen atoms in total. The summed E-state index contributed by atoms with van der Waals surface area (Å²) in [5.41, 5.74) is 0. The first-order chi connectivity index (χ1) is 24.7. The van der Waals surface area contributed by atoms with Crippen molar-refractivity contribution in [3.8, 4) is 0 Å². The van der Waals surface area contributed by atoms with Crippen LogP contribution in [-0.4, -0.2) is 58.8 Å². The maximum atomic E-state index is 12.0. The second-order valence-electron chi connectivity index (χ2n) is 13.9. The van der Waals surface area contributed by atoms with Crippen molar-refractivity contribution in [2.75, 3.05) is 13.2 Å². The second kappa shape index (κ2) is 37.0. The minimum atomic E-state index is -1.03. The number of hydrogen-bond acceptors (Lipinski definition) is 7.